The van der Waals surface area contributed by atoms with Gasteiger partial charge in [-0.15, -0.1) is 23.1 Å². The second kappa shape index (κ2) is 4.83. The largest absolute Gasteiger partial charge is 0.317 e. The number of hydrogen-bond donors (Lipinski definition) is 0. The Kier molecular flexibility index (Phi) is 3.09. The molecule has 2 nitrogen and oxygen atoms in total. The molecule has 4 rings (SSSR count). The van der Waals surface area contributed by atoms with E-state index >= 15 is 0 Å². The zero-order valence-corrected chi connectivity index (χ0v) is 13.8. The molecule has 0 radical (unpaired) electrons. The van der Waals surface area contributed by atoms with Gasteiger partial charge in [-0.2, -0.15) is 0 Å². The smallest absolute Gasteiger partial charge is 0.169 e. The Bertz CT molecular complexity index is 758. The zero-order valence-electron chi connectivity index (χ0n) is 11.3. The van der Waals surface area contributed by atoms with Crippen molar-refractivity contribution >= 4 is 55.8 Å². The van der Waals surface area contributed by atoms with Gasteiger partial charge >= 0.3 is 0 Å². The molecule has 0 N–H and O–H groups in total. The van der Waals surface area contributed by atoms with Crippen LogP contribution in [-0.4, -0.2) is 29.4 Å². The second-order valence-corrected chi connectivity index (χ2v) is 7.90. The summed E-state index contributed by atoms with van der Waals surface area (Å²) in [6, 6.07) is 6.85. The fourth-order valence-electron chi connectivity index (χ4n) is 2.76. The van der Waals surface area contributed by atoms with Gasteiger partial charge in [0.2, 0.25) is 0 Å². The average molecular weight is 318 g/mol. The molecule has 5 heteroatoms. The van der Waals surface area contributed by atoms with Crippen LogP contribution in [0.15, 0.2) is 32.8 Å². The Morgan fingerprint density at radius 3 is 3.10 bits per heavy atom. The van der Waals surface area contributed by atoms with E-state index in [1.54, 1.807) is 0 Å². The molecule has 0 atom stereocenters. The van der Waals surface area contributed by atoms with Crippen LogP contribution < -0.4 is 0 Å². The van der Waals surface area contributed by atoms with E-state index in [2.05, 4.69) is 46.7 Å². The van der Waals surface area contributed by atoms with E-state index in [9.17, 15) is 0 Å². The number of aliphatic imine (C=N–C) groups is 1. The molecule has 1 aromatic heterocycles. The second-order valence-electron chi connectivity index (χ2n) is 4.90. The van der Waals surface area contributed by atoms with Crippen molar-refractivity contribution in [3.63, 3.8) is 0 Å². The number of benzene rings is 1. The molecule has 0 saturated heterocycles. The first-order chi connectivity index (χ1) is 9.78. The van der Waals surface area contributed by atoms with Gasteiger partial charge in [-0.1, -0.05) is 0 Å². The number of amidine groups is 1. The van der Waals surface area contributed by atoms with Crippen molar-refractivity contribution < 1.29 is 0 Å². The number of thioether (sulfide) groups is 2. The van der Waals surface area contributed by atoms with Gasteiger partial charge in [-0.05, 0) is 54.1 Å². The third-order valence-electron chi connectivity index (χ3n) is 3.61. The number of nitrogens with zero attached hydrogens (tertiary/aromatic N) is 2. The van der Waals surface area contributed by atoms with Gasteiger partial charge in [0, 0.05) is 22.2 Å². The van der Waals surface area contributed by atoms with E-state index in [1.165, 1.54) is 36.3 Å². The number of rotatable bonds is 2. The summed E-state index contributed by atoms with van der Waals surface area (Å²) < 4.78 is 2.75. The lowest BCUT2D eigenvalue weighted by atomic mass is 10.0. The van der Waals surface area contributed by atoms with Crippen LogP contribution in [0.1, 0.15) is 11.1 Å². The molecule has 102 valence electrons. The molecule has 0 bridgehead atoms. The quantitative estimate of drug-likeness (QED) is 0.803. The van der Waals surface area contributed by atoms with Crippen molar-refractivity contribution in [3.8, 4) is 0 Å². The predicted octanol–water partition coefficient (Wildman–Crippen LogP) is 4.62. The molecule has 2 aliphatic rings. The van der Waals surface area contributed by atoms with E-state index in [-0.39, 0.29) is 0 Å². The molecule has 0 amide bonds. The average Bonchev–Trinajstić information content (AvgIpc) is 3.11. The minimum atomic E-state index is 0.923. The van der Waals surface area contributed by atoms with E-state index in [0.717, 1.165) is 13.1 Å². The number of hydrogen-bond acceptors (Lipinski definition) is 5. The maximum absolute atomic E-state index is 4.61. The molecule has 3 heterocycles. The monoisotopic (exact) mass is 318 g/mol. The van der Waals surface area contributed by atoms with E-state index in [0.29, 0.717) is 0 Å². The van der Waals surface area contributed by atoms with E-state index in [4.69, 9.17) is 0 Å². The van der Waals surface area contributed by atoms with Gasteiger partial charge in [-0.3, -0.25) is 4.99 Å². The van der Waals surface area contributed by atoms with Crippen molar-refractivity contribution in [2.24, 2.45) is 4.99 Å². The summed E-state index contributed by atoms with van der Waals surface area (Å²) in [5, 5.41) is 4.73. The molecular weight excluding hydrogens is 304 g/mol. The van der Waals surface area contributed by atoms with Crippen LogP contribution in [0, 0.1) is 6.92 Å². The SMILES string of the molecule is CSC1=C(c2cc(C)cc3sccc23)N2CCN=C2S1. The lowest BCUT2D eigenvalue weighted by Gasteiger charge is -2.18. The van der Waals surface area contributed by atoms with Crippen molar-refractivity contribution in [3.05, 3.63) is 38.9 Å². The highest BCUT2D eigenvalue weighted by molar-refractivity contribution is 8.30. The van der Waals surface area contributed by atoms with Gasteiger partial charge < -0.3 is 4.90 Å². The third kappa shape index (κ3) is 1.84. The summed E-state index contributed by atoms with van der Waals surface area (Å²) in [5.41, 5.74) is 4.06. The minimum Gasteiger partial charge on any atom is -0.317 e. The Labute approximate surface area is 131 Å². The molecule has 0 spiro atoms. The predicted molar refractivity (Wildman–Crippen MR) is 93.6 cm³/mol. The Balaban J connectivity index is 1.97. The summed E-state index contributed by atoms with van der Waals surface area (Å²) in [6.45, 7) is 4.12. The highest BCUT2D eigenvalue weighted by atomic mass is 32.2. The fourth-order valence-corrected chi connectivity index (χ4v) is 5.57. The van der Waals surface area contributed by atoms with Crippen LogP contribution in [0.25, 0.3) is 15.8 Å². The summed E-state index contributed by atoms with van der Waals surface area (Å²) in [6.07, 6.45) is 2.16. The summed E-state index contributed by atoms with van der Waals surface area (Å²) in [5.74, 6) is 0. The van der Waals surface area contributed by atoms with Gasteiger partial charge in [-0.25, -0.2) is 0 Å². The van der Waals surface area contributed by atoms with Crippen LogP contribution in [-0.2, 0) is 0 Å². The first-order valence-corrected chi connectivity index (χ1v) is 9.46. The van der Waals surface area contributed by atoms with Crippen LogP contribution >= 0.6 is 34.9 Å². The van der Waals surface area contributed by atoms with Crippen molar-refractivity contribution in [2.45, 2.75) is 6.92 Å². The van der Waals surface area contributed by atoms with Crippen molar-refractivity contribution in [2.75, 3.05) is 19.3 Å². The van der Waals surface area contributed by atoms with Crippen LogP contribution in [0.2, 0.25) is 0 Å². The van der Waals surface area contributed by atoms with Crippen molar-refractivity contribution in [1.82, 2.24) is 4.90 Å². The van der Waals surface area contributed by atoms with Gasteiger partial charge in [0.25, 0.3) is 0 Å². The minimum absolute atomic E-state index is 0.923. The summed E-state index contributed by atoms with van der Waals surface area (Å²) >= 11 is 5.48. The number of fused-ring (bicyclic) bond motifs is 2. The van der Waals surface area contributed by atoms with Gasteiger partial charge in [0.05, 0.1) is 16.5 Å². The Morgan fingerprint density at radius 1 is 1.35 bits per heavy atom. The summed E-state index contributed by atoms with van der Waals surface area (Å²) in [4.78, 5) is 7.01. The molecule has 0 aliphatic carbocycles. The number of aryl methyl sites for hydroxylation is 1. The zero-order chi connectivity index (χ0) is 13.7. The number of thiophene rings is 1. The van der Waals surface area contributed by atoms with Crippen molar-refractivity contribution in [1.29, 1.82) is 0 Å². The Morgan fingerprint density at radius 2 is 2.25 bits per heavy atom. The highest BCUT2D eigenvalue weighted by Gasteiger charge is 2.33. The first-order valence-electron chi connectivity index (χ1n) is 6.54. The lowest BCUT2D eigenvalue weighted by Crippen LogP contribution is -2.20. The van der Waals surface area contributed by atoms with E-state index < -0.39 is 0 Å². The fraction of sp³-hybridized carbons (Fsp3) is 0.267. The first kappa shape index (κ1) is 12.8. The van der Waals surface area contributed by atoms with Crippen LogP contribution in [0.5, 0.6) is 0 Å². The van der Waals surface area contributed by atoms with Crippen LogP contribution in [0.3, 0.4) is 0 Å². The Hall–Kier alpha value is -0.910. The van der Waals surface area contributed by atoms with Gasteiger partial charge in [0.1, 0.15) is 0 Å². The topological polar surface area (TPSA) is 15.6 Å². The molecule has 1 aromatic carbocycles. The molecular formula is C15H14N2S3. The maximum atomic E-state index is 4.61. The third-order valence-corrected chi connectivity index (χ3v) is 6.69. The molecule has 2 aliphatic heterocycles. The molecule has 2 aromatic rings. The molecule has 0 saturated carbocycles. The maximum Gasteiger partial charge on any atom is 0.169 e. The lowest BCUT2D eigenvalue weighted by molar-refractivity contribution is 0.650. The van der Waals surface area contributed by atoms with E-state index in [1.807, 2.05) is 34.9 Å². The van der Waals surface area contributed by atoms with Crippen LogP contribution in [0.4, 0.5) is 0 Å². The summed E-state index contributed by atoms with van der Waals surface area (Å²) in [7, 11) is 0. The normalized spacial score (nSPS) is 18.1. The molecule has 20 heavy (non-hydrogen) atoms. The molecule has 0 fully saturated rings. The van der Waals surface area contributed by atoms with Gasteiger partial charge in [0.15, 0.2) is 5.17 Å². The molecule has 0 unspecified atom stereocenters. The standard InChI is InChI=1S/C15H14N2S3/c1-9-7-11(10-3-6-19-12(10)8-9)13-14(18-2)20-15-16-4-5-17(13)15/h3,6-8H,4-5H2,1-2H3. The highest BCUT2D eigenvalue weighted by Crippen LogP contribution is 2.48.